The van der Waals surface area contributed by atoms with Gasteiger partial charge in [-0.25, -0.2) is 4.39 Å². The Morgan fingerprint density at radius 2 is 2.12 bits per heavy atom. The maximum absolute atomic E-state index is 13.9. The highest BCUT2D eigenvalue weighted by Gasteiger charge is 2.19. The molecule has 1 aromatic rings. The first-order valence-electron chi connectivity index (χ1n) is 6.15. The molecule has 0 saturated heterocycles. The fraction of sp³-hybridized carbons (Fsp3) is 0.571. The molecular formula is C14H20FN. The zero-order valence-corrected chi connectivity index (χ0v) is 10.4. The van der Waals surface area contributed by atoms with E-state index in [4.69, 9.17) is 0 Å². The van der Waals surface area contributed by atoms with E-state index in [1.807, 2.05) is 0 Å². The molecule has 0 radical (unpaired) electrons. The van der Waals surface area contributed by atoms with Crippen LogP contribution in [-0.4, -0.2) is 18.0 Å². The Morgan fingerprint density at radius 3 is 2.75 bits per heavy atom. The molecule has 0 bridgehead atoms. The van der Waals surface area contributed by atoms with E-state index in [2.05, 4.69) is 31.7 Å². The number of halogens is 1. The van der Waals surface area contributed by atoms with E-state index in [0.29, 0.717) is 5.92 Å². The van der Waals surface area contributed by atoms with E-state index >= 15 is 0 Å². The Morgan fingerprint density at radius 1 is 1.38 bits per heavy atom. The summed E-state index contributed by atoms with van der Waals surface area (Å²) in [4.78, 5) is 2.37. The summed E-state index contributed by atoms with van der Waals surface area (Å²) in [5.41, 5.74) is 3.25. The minimum absolute atomic E-state index is 0.00282. The van der Waals surface area contributed by atoms with Gasteiger partial charge in [0, 0.05) is 13.1 Å². The normalized spacial score (nSPS) is 16.6. The summed E-state index contributed by atoms with van der Waals surface area (Å²) < 4.78 is 13.9. The van der Waals surface area contributed by atoms with Gasteiger partial charge in [-0.3, -0.25) is 4.90 Å². The molecule has 1 aliphatic rings. The van der Waals surface area contributed by atoms with Crippen LogP contribution >= 0.6 is 0 Å². The van der Waals surface area contributed by atoms with Gasteiger partial charge in [-0.2, -0.15) is 0 Å². The Bertz CT molecular complexity index is 385. The molecule has 1 aromatic carbocycles. The molecule has 0 amide bonds. The summed E-state index contributed by atoms with van der Waals surface area (Å²) in [6.45, 7) is 9.33. The summed E-state index contributed by atoms with van der Waals surface area (Å²) in [5.74, 6) is 0.397. The maximum atomic E-state index is 13.9. The third-order valence-electron chi connectivity index (χ3n) is 3.50. The highest BCUT2D eigenvalue weighted by Crippen LogP contribution is 2.26. The van der Waals surface area contributed by atoms with Gasteiger partial charge in [-0.1, -0.05) is 26.8 Å². The molecule has 0 saturated carbocycles. The van der Waals surface area contributed by atoms with Crippen LogP contribution in [0.4, 0.5) is 4.39 Å². The summed E-state index contributed by atoms with van der Waals surface area (Å²) >= 11 is 0. The molecule has 0 aliphatic carbocycles. The van der Waals surface area contributed by atoms with Crippen molar-refractivity contribution in [2.24, 2.45) is 0 Å². The third kappa shape index (κ3) is 2.12. The molecule has 1 nitrogen and oxygen atoms in total. The lowest BCUT2D eigenvalue weighted by atomic mass is 9.93. The van der Waals surface area contributed by atoms with Gasteiger partial charge >= 0.3 is 0 Å². The number of fused-ring (bicyclic) bond motifs is 1. The Labute approximate surface area is 97.3 Å². The molecule has 16 heavy (non-hydrogen) atoms. The van der Waals surface area contributed by atoms with Crippen molar-refractivity contribution in [1.82, 2.24) is 4.90 Å². The monoisotopic (exact) mass is 221 g/mol. The first-order chi connectivity index (χ1) is 7.61. The van der Waals surface area contributed by atoms with Crippen LogP contribution in [0.3, 0.4) is 0 Å². The second-order valence-corrected chi connectivity index (χ2v) is 4.91. The van der Waals surface area contributed by atoms with Crippen LogP contribution in [0.5, 0.6) is 0 Å². The molecule has 2 heteroatoms. The summed E-state index contributed by atoms with van der Waals surface area (Å²) in [5, 5.41) is 0. The van der Waals surface area contributed by atoms with Gasteiger partial charge in [-0.05, 0) is 41.6 Å². The van der Waals surface area contributed by atoms with Crippen molar-refractivity contribution in [2.45, 2.75) is 39.7 Å². The van der Waals surface area contributed by atoms with Crippen molar-refractivity contribution in [2.75, 3.05) is 13.1 Å². The van der Waals surface area contributed by atoms with Crippen LogP contribution in [0.25, 0.3) is 0 Å². The topological polar surface area (TPSA) is 3.24 Å². The molecule has 1 aliphatic heterocycles. The number of hydrogen-bond donors (Lipinski definition) is 0. The fourth-order valence-corrected chi connectivity index (χ4v) is 2.33. The molecular weight excluding hydrogens is 201 g/mol. The lowest BCUT2D eigenvalue weighted by Gasteiger charge is -2.28. The van der Waals surface area contributed by atoms with Crippen molar-refractivity contribution in [1.29, 1.82) is 0 Å². The molecule has 0 N–H and O–H groups in total. The average Bonchev–Trinajstić information content (AvgIpc) is 2.28. The van der Waals surface area contributed by atoms with Crippen LogP contribution in [-0.2, 0) is 13.0 Å². The number of nitrogens with zero attached hydrogens (tertiary/aromatic N) is 1. The molecule has 0 unspecified atom stereocenters. The number of likely N-dealkylation sites (N-methyl/N-ethyl adjacent to an activating group) is 1. The van der Waals surface area contributed by atoms with Crippen LogP contribution in [0.1, 0.15) is 43.4 Å². The smallest absolute Gasteiger partial charge is 0.127 e. The second kappa shape index (κ2) is 4.54. The SMILES string of the molecule is CCN1CCc2c(F)cc(C(C)C)cc2C1. The van der Waals surface area contributed by atoms with E-state index in [-0.39, 0.29) is 5.82 Å². The maximum Gasteiger partial charge on any atom is 0.127 e. The molecule has 0 fully saturated rings. The van der Waals surface area contributed by atoms with E-state index < -0.39 is 0 Å². The quantitative estimate of drug-likeness (QED) is 0.740. The lowest BCUT2D eigenvalue weighted by molar-refractivity contribution is 0.265. The van der Waals surface area contributed by atoms with Gasteiger partial charge < -0.3 is 0 Å². The van der Waals surface area contributed by atoms with E-state index in [9.17, 15) is 4.39 Å². The molecule has 0 aromatic heterocycles. The van der Waals surface area contributed by atoms with Crippen LogP contribution in [0.2, 0.25) is 0 Å². The average molecular weight is 221 g/mol. The zero-order valence-electron chi connectivity index (χ0n) is 10.4. The van der Waals surface area contributed by atoms with E-state index in [1.54, 1.807) is 6.07 Å². The Hall–Kier alpha value is -0.890. The van der Waals surface area contributed by atoms with Crippen molar-refractivity contribution in [3.8, 4) is 0 Å². The van der Waals surface area contributed by atoms with Gasteiger partial charge in [0.25, 0.3) is 0 Å². The molecule has 1 heterocycles. The highest BCUT2D eigenvalue weighted by atomic mass is 19.1. The molecule has 88 valence electrons. The minimum atomic E-state index is -0.00282. The first kappa shape index (κ1) is 11.6. The minimum Gasteiger partial charge on any atom is -0.299 e. The van der Waals surface area contributed by atoms with E-state index in [0.717, 1.165) is 37.2 Å². The largest absolute Gasteiger partial charge is 0.299 e. The van der Waals surface area contributed by atoms with Gasteiger partial charge in [0.05, 0.1) is 0 Å². The predicted octanol–water partition coefficient (Wildman–Crippen LogP) is 3.33. The number of rotatable bonds is 2. The molecule has 2 rings (SSSR count). The highest BCUT2D eigenvalue weighted by molar-refractivity contribution is 5.36. The van der Waals surface area contributed by atoms with Gasteiger partial charge in [-0.15, -0.1) is 0 Å². The van der Waals surface area contributed by atoms with E-state index in [1.165, 1.54) is 5.56 Å². The van der Waals surface area contributed by atoms with Gasteiger partial charge in [0.15, 0.2) is 0 Å². The Kier molecular flexibility index (Phi) is 3.29. The van der Waals surface area contributed by atoms with Crippen molar-refractivity contribution in [3.05, 3.63) is 34.6 Å². The second-order valence-electron chi connectivity index (χ2n) is 4.91. The predicted molar refractivity (Wildman–Crippen MR) is 65.1 cm³/mol. The summed E-state index contributed by atoms with van der Waals surface area (Å²) in [7, 11) is 0. The number of hydrogen-bond acceptors (Lipinski definition) is 1. The van der Waals surface area contributed by atoms with Crippen LogP contribution in [0.15, 0.2) is 12.1 Å². The van der Waals surface area contributed by atoms with Crippen molar-refractivity contribution in [3.63, 3.8) is 0 Å². The standard InChI is InChI=1S/C14H20FN/c1-4-16-6-5-13-12(9-16)7-11(10(2)3)8-14(13)15/h7-8,10H,4-6,9H2,1-3H3. The summed E-state index contributed by atoms with van der Waals surface area (Å²) in [6.07, 6.45) is 0.855. The van der Waals surface area contributed by atoms with Crippen molar-refractivity contribution < 1.29 is 4.39 Å². The van der Waals surface area contributed by atoms with Crippen LogP contribution < -0.4 is 0 Å². The third-order valence-corrected chi connectivity index (χ3v) is 3.50. The lowest BCUT2D eigenvalue weighted by Crippen LogP contribution is -2.30. The van der Waals surface area contributed by atoms with Crippen LogP contribution in [0, 0.1) is 5.82 Å². The number of benzene rings is 1. The van der Waals surface area contributed by atoms with Gasteiger partial charge in [0.1, 0.15) is 5.82 Å². The van der Waals surface area contributed by atoms with Gasteiger partial charge in [0.2, 0.25) is 0 Å². The molecule has 0 atom stereocenters. The van der Waals surface area contributed by atoms with Crippen molar-refractivity contribution >= 4 is 0 Å². The Balaban J connectivity index is 2.37. The zero-order chi connectivity index (χ0) is 11.7. The fourth-order valence-electron chi connectivity index (χ4n) is 2.33. The first-order valence-corrected chi connectivity index (χ1v) is 6.15. The summed E-state index contributed by atoms with van der Waals surface area (Å²) in [6, 6.07) is 3.90. The molecule has 0 spiro atoms.